The molecule has 33 heavy (non-hydrogen) atoms. The van der Waals surface area contributed by atoms with E-state index >= 15 is 0 Å². The molecule has 4 rings (SSSR count). The van der Waals surface area contributed by atoms with Crippen molar-refractivity contribution in [2.45, 2.75) is 63.6 Å². The van der Waals surface area contributed by atoms with E-state index in [4.69, 9.17) is 4.74 Å². The molecule has 10 heteroatoms. The second-order valence-corrected chi connectivity index (χ2v) is 8.78. The normalized spacial score (nSPS) is 23.3. The number of aromatic nitrogens is 3. The van der Waals surface area contributed by atoms with Gasteiger partial charge < -0.3 is 31.1 Å². The average molecular weight is 460 g/mol. The molecule has 2 fully saturated rings. The summed E-state index contributed by atoms with van der Waals surface area (Å²) in [6.45, 7) is 3.74. The van der Waals surface area contributed by atoms with Crippen molar-refractivity contribution in [2.24, 2.45) is 5.92 Å². The number of nitrogens with zero attached hydrogens (tertiary/aromatic N) is 3. The Morgan fingerprint density at radius 3 is 2.64 bits per heavy atom. The van der Waals surface area contributed by atoms with E-state index in [1.165, 1.54) is 13.2 Å². The molecule has 0 amide bonds. The zero-order chi connectivity index (χ0) is 23.2. The molecular weight excluding hydrogens is 425 g/mol. The molecule has 2 aromatic rings. The molecule has 9 nitrogen and oxygen atoms in total. The first kappa shape index (κ1) is 23.4. The number of rotatable bonds is 10. The Balaban J connectivity index is 1.54. The maximum Gasteiger partial charge on any atom is 0.233 e. The van der Waals surface area contributed by atoms with Crippen LogP contribution >= 0.6 is 0 Å². The lowest BCUT2D eigenvalue weighted by Gasteiger charge is -2.24. The van der Waals surface area contributed by atoms with Gasteiger partial charge in [-0.2, -0.15) is 15.0 Å². The maximum atomic E-state index is 14.2. The summed E-state index contributed by atoms with van der Waals surface area (Å²) in [5.41, 5.74) is 0.507. The third kappa shape index (κ3) is 6.00. The molecule has 1 aliphatic heterocycles. The van der Waals surface area contributed by atoms with Gasteiger partial charge in [-0.1, -0.05) is 13.3 Å². The van der Waals surface area contributed by atoms with Gasteiger partial charge in [0, 0.05) is 36.3 Å². The monoisotopic (exact) mass is 459 g/mol. The molecule has 4 atom stereocenters. The van der Waals surface area contributed by atoms with Gasteiger partial charge in [-0.15, -0.1) is 0 Å². The Morgan fingerprint density at radius 1 is 1.15 bits per heavy atom. The summed E-state index contributed by atoms with van der Waals surface area (Å²) < 4.78 is 19.2. The quantitative estimate of drug-likeness (QED) is 0.365. The lowest BCUT2D eigenvalue weighted by atomic mass is 10.0. The first-order valence-corrected chi connectivity index (χ1v) is 11.8. The number of aliphatic hydroxyl groups is 1. The molecule has 1 aromatic carbocycles. The SMILES string of the molecule is CCC(Nc1nc(NCC2CCCC2O)nc(Nc2ccc(OC)c(F)c2)n1)C1CCCN1. The minimum Gasteiger partial charge on any atom is -0.494 e. The molecule has 2 heterocycles. The Labute approximate surface area is 194 Å². The number of hydrogen-bond donors (Lipinski definition) is 5. The lowest BCUT2D eigenvalue weighted by molar-refractivity contribution is 0.138. The van der Waals surface area contributed by atoms with Gasteiger partial charge >= 0.3 is 0 Å². The van der Waals surface area contributed by atoms with Gasteiger partial charge in [0.15, 0.2) is 11.6 Å². The molecule has 4 unspecified atom stereocenters. The molecular formula is C23H34FN7O2. The van der Waals surface area contributed by atoms with Crippen molar-refractivity contribution in [3.8, 4) is 5.75 Å². The van der Waals surface area contributed by atoms with Gasteiger partial charge in [-0.25, -0.2) is 4.39 Å². The van der Waals surface area contributed by atoms with Crippen LogP contribution in [0.2, 0.25) is 0 Å². The summed E-state index contributed by atoms with van der Waals surface area (Å²) in [4.78, 5) is 13.6. The zero-order valence-corrected chi connectivity index (χ0v) is 19.3. The molecule has 0 radical (unpaired) electrons. The summed E-state index contributed by atoms with van der Waals surface area (Å²) in [6.07, 6.45) is 5.73. The smallest absolute Gasteiger partial charge is 0.233 e. The van der Waals surface area contributed by atoms with Crippen LogP contribution in [-0.4, -0.2) is 58.4 Å². The highest BCUT2D eigenvalue weighted by atomic mass is 19.1. The maximum absolute atomic E-state index is 14.2. The van der Waals surface area contributed by atoms with Crippen LogP contribution in [0.25, 0.3) is 0 Å². The van der Waals surface area contributed by atoms with E-state index in [9.17, 15) is 9.50 Å². The first-order valence-electron chi connectivity index (χ1n) is 11.8. The van der Waals surface area contributed by atoms with Crippen molar-refractivity contribution in [3.63, 3.8) is 0 Å². The highest BCUT2D eigenvalue weighted by Gasteiger charge is 2.26. The van der Waals surface area contributed by atoms with Crippen LogP contribution in [0, 0.1) is 11.7 Å². The number of aliphatic hydroxyl groups excluding tert-OH is 1. The number of methoxy groups -OCH3 is 1. The van der Waals surface area contributed by atoms with Crippen LogP contribution in [0.4, 0.5) is 27.9 Å². The second kappa shape index (κ2) is 10.9. The number of halogens is 1. The third-order valence-electron chi connectivity index (χ3n) is 6.52. The van der Waals surface area contributed by atoms with Crippen LogP contribution in [0.15, 0.2) is 18.2 Å². The largest absolute Gasteiger partial charge is 0.494 e. The van der Waals surface area contributed by atoms with Crippen molar-refractivity contribution < 1.29 is 14.2 Å². The van der Waals surface area contributed by atoms with Gasteiger partial charge in [-0.05, 0) is 50.8 Å². The molecule has 1 aliphatic carbocycles. The van der Waals surface area contributed by atoms with Gasteiger partial charge in [0.25, 0.3) is 0 Å². The van der Waals surface area contributed by atoms with E-state index in [1.54, 1.807) is 12.1 Å². The first-order chi connectivity index (χ1) is 16.1. The van der Waals surface area contributed by atoms with E-state index in [-0.39, 0.29) is 23.8 Å². The van der Waals surface area contributed by atoms with Crippen LogP contribution in [-0.2, 0) is 0 Å². The fraction of sp³-hybridized carbons (Fsp3) is 0.609. The molecule has 2 aliphatic rings. The van der Waals surface area contributed by atoms with Crippen LogP contribution in [0.1, 0.15) is 45.4 Å². The third-order valence-corrected chi connectivity index (χ3v) is 6.52. The van der Waals surface area contributed by atoms with Gasteiger partial charge in [0.1, 0.15) is 0 Å². The fourth-order valence-corrected chi connectivity index (χ4v) is 4.63. The van der Waals surface area contributed by atoms with Gasteiger partial charge in [-0.3, -0.25) is 0 Å². The summed E-state index contributed by atoms with van der Waals surface area (Å²) in [6, 6.07) is 5.15. The summed E-state index contributed by atoms with van der Waals surface area (Å²) >= 11 is 0. The van der Waals surface area contributed by atoms with Crippen molar-refractivity contribution >= 4 is 23.5 Å². The minimum absolute atomic E-state index is 0.172. The number of ether oxygens (including phenoxy) is 1. The van der Waals surface area contributed by atoms with Crippen LogP contribution < -0.4 is 26.0 Å². The highest BCUT2D eigenvalue weighted by Crippen LogP contribution is 2.27. The number of anilines is 4. The summed E-state index contributed by atoms with van der Waals surface area (Å²) in [5.74, 6) is 1.05. The second-order valence-electron chi connectivity index (χ2n) is 8.78. The number of nitrogens with one attached hydrogen (secondary N) is 4. The van der Waals surface area contributed by atoms with Gasteiger partial charge in [0.2, 0.25) is 17.8 Å². The lowest BCUT2D eigenvalue weighted by Crippen LogP contribution is -2.40. The molecule has 0 bridgehead atoms. The average Bonchev–Trinajstić information content (AvgIpc) is 3.48. The van der Waals surface area contributed by atoms with Crippen LogP contribution in [0.3, 0.4) is 0 Å². The topological polar surface area (TPSA) is 116 Å². The molecule has 1 aromatic heterocycles. The minimum atomic E-state index is -0.471. The van der Waals surface area contributed by atoms with E-state index < -0.39 is 5.82 Å². The zero-order valence-electron chi connectivity index (χ0n) is 19.3. The van der Waals surface area contributed by atoms with Crippen molar-refractivity contribution in [3.05, 3.63) is 24.0 Å². The number of benzene rings is 1. The van der Waals surface area contributed by atoms with Crippen molar-refractivity contribution in [2.75, 3.05) is 36.1 Å². The standard InChI is InChI=1S/C23H34FN7O2/c1-3-17(18-7-5-11-25-18)28-23-30-21(26-13-14-6-4-8-19(14)32)29-22(31-23)27-15-9-10-20(33-2)16(24)12-15/h9-10,12,14,17-19,25,32H,3-8,11,13H2,1-2H3,(H3,26,27,28,29,30,31). The van der Waals surface area contributed by atoms with E-state index in [2.05, 4.69) is 43.1 Å². The fourth-order valence-electron chi connectivity index (χ4n) is 4.63. The van der Waals surface area contributed by atoms with Gasteiger partial charge in [0.05, 0.1) is 13.2 Å². The predicted molar refractivity (Wildman–Crippen MR) is 127 cm³/mol. The Hall–Kier alpha value is -2.72. The molecule has 0 spiro atoms. The van der Waals surface area contributed by atoms with E-state index in [0.717, 1.165) is 45.1 Å². The summed E-state index contributed by atoms with van der Waals surface area (Å²) in [5, 5.41) is 23.5. The Kier molecular flexibility index (Phi) is 7.77. The highest BCUT2D eigenvalue weighted by molar-refractivity contribution is 5.57. The predicted octanol–water partition coefficient (Wildman–Crippen LogP) is 3.28. The molecule has 1 saturated carbocycles. The number of hydrogen-bond acceptors (Lipinski definition) is 9. The Bertz CT molecular complexity index is 926. The Morgan fingerprint density at radius 2 is 1.97 bits per heavy atom. The molecule has 1 saturated heterocycles. The van der Waals surface area contributed by atoms with Crippen molar-refractivity contribution in [1.29, 1.82) is 0 Å². The van der Waals surface area contributed by atoms with E-state index in [0.29, 0.717) is 36.1 Å². The van der Waals surface area contributed by atoms with Crippen LogP contribution in [0.5, 0.6) is 5.75 Å². The molecule has 5 N–H and O–H groups in total. The van der Waals surface area contributed by atoms with E-state index in [1.807, 2.05) is 0 Å². The molecule has 180 valence electrons. The van der Waals surface area contributed by atoms with Crippen molar-refractivity contribution in [1.82, 2.24) is 20.3 Å². The summed E-state index contributed by atoms with van der Waals surface area (Å²) in [7, 11) is 1.43.